The molecule has 3 unspecified atom stereocenters. The predicted octanol–water partition coefficient (Wildman–Crippen LogP) is 1.68. The lowest BCUT2D eigenvalue weighted by molar-refractivity contribution is -0.0552. The van der Waals surface area contributed by atoms with Gasteiger partial charge in [0.2, 0.25) is 5.95 Å². The van der Waals surface area contributed by atoms with Crippen LogP contribution in [0.2, 0.25) is 0 Å². The van der Waals surface area contributed by atoms with Gasteiger partial charge in [0.1, 0.15) is 36.6 Å². The largest absolute Gasteiger partial charge is 0.409 e. The Balaban J connectivity index is 1.18. The molecule has 0 radical (unpaired) electrons. The third kappa shape index (κ3) is 7.55. The van der Waals surface area contributed by atoms with Crippen molar-refractivity contribution >= 4 is 30.7 Å². The second-order valence-electron chi connectivity index (χ2n) is 12.5. The van der Waals surface area contributed by atoms with Crippen LogP contribution in [0.15, 0.2) is 88.8 Å². The Morgan fingerprint density at radius 2 is 1.58 bits per heavy atom. The van der Waals surface area contributed by atoms with Gasteiger partial charge in [0, 0.05) is 32.1 Å². The number of fused-ring (bicyclic) bond motifs is 1. The highest BCUT2D eigenvalue weighted by Crippen LogP contribution is 2.57. The molecule has 0 bridgehead atoms. The molecule has 18 nitrogen and oxygen atoms in total. The number of hydrogen-bond acceptors (Lipinski definition) is 14. The Bertz CT molecular complexity index is 2130. The molecule has 7 atom stereocenters. The zero-order valence-electron chi connectivity index (χ0n) is 27.7. The van der Waals surface area contributed by atoms with Crippen molar-refractivity contribution in [1.82, 2.24) is 33.7 Å². The van der Waals surface area contributed by atoms with Crippen LogP contribution in [0.1, 0.15) is 36.4 Å². The smallest absolute Gasteiger partial charge is 0.394 e. The molecular formula is C33H38N9O9P. The van der Waals surface area contributed by atoms with E-state index in [1.807, 2.05) is 60.7 Å². The molecule has 2 fully saturated rings. The normalized spacial score (nSPS) is 24.4. The first-order valence-electron chi connectivity index (χ1n) is 16.5. The average molecular weight is 736 g/mol. The second kappa shape index (κ2) is 15.1. The van der Waals surface area contributed by atoms with Crippen molar-refractivity contribution in [1.29, 1.82) is 0 Å². The van der Waals surface area contributed by atoms with Gasteiger partial charge in [0.25, 0.3) is 5.56 Å². The molecule has 0 aliphatic carbocycles. The lowest BCUT2D eigenvalue weighted by Gasteiger charge is -2.33. The van der Waals surface area contributed by atoms with E-state index in [1.54, 1.807) is 4.67 Å². The Kier molecular flexibility index (Phi) is 10.3. The van der Waals surface area contributed by atoms with Crippen LogP contribution in [0.5, 0.6) is 0 Å². The van der Waals surface area contributed by atoms with E-state index in [0.29, 0.717) is 0 Å². The minimum atomic E-state index is -4.37. The van der Waals surface area contributed by atoms with E-state index in [9.17, 15) is 19.8 Å². The van der Waals surface area contributed by atoms with Gasteiger partial charge < -0.3 is 31.2 Å². The molecule has 0 saturated carbocycles. The first kappa shape index (κ1) is 35.6. The summed E-state index contributed by atoms with van der Waals surface area (Å²) in [5, 5.41) is 21.4. The zero-order chi connectivity index (χ0) is 36.4. The lowest BCUT2D eigenvalue weighted by atomic mass is 10.2. The van der Waals surface area contributed by atoms with Gasteiger partial charge in [-0.2, -0.15) is 14.6 Å². The summed E-state index contributed by atoms with van der Waals surface area (Å²) in [6.07, 6.45) is -2.89. The summed E-state index contributed by atoms with van der Waals surface area (Å²) in [5.74, 6) is -0.0699. The number of nitrogens with two attached hydrogens (primary N) is 2. The number of aliphatic hydroxyl groups is 2. The van der Waals surface area contributed by atoms with E-state index in [2.05, 4.69) is 19.9 Å². The van der Waals surface area contributed by atoms with Crippen molar-refractivity contribution in [2.45, 2.75) is 62.8 Å². The highest BCUT2D eigenvalue weighted by molar-refractivity contribution is 7.51. The fraction of sp³-hybridized carbons (Fsp3) is 0.364. The number of ether oxygens (including phenoxy) is 2. The quantitative estimate of drug-likeness (QED) is 0.108. The molecule has 274 valence electrons. The maximum Gasteiger partial charge on any atom is 0.409 e. The molecule has 0 amide bonds. The summed E-state index contributed by atoms with van der Waals surface area (Å²) in [5.41, 5.74) is 12.1. The van der Waals surface area contributed by atoms with Gasteiger partial charge in [-0.1, -0.05) is 60.7 Å². The van der Waals surface area contributed by atoms with Crippen LogP contribution in [-0.4, -0.2) is 81.6 Å². The third-order valence-corrected chi connectivity index (χ3v) is 10.9. The summed E-state index contributed by atoms with van der Waals surface area (Å²) >= 11 is 0. The number of H-pyrrole nitrogens is 1. The first-order chi connectivity index (χ1) is 25.1. The SMILES string of the molecule is Nc1ccn([C@H]2CC(OP(=O)(OC[C@H]3O[C@@H](n4cnc5c(=O)[nH]c(N)nc54)CC3O)N(Cc3ccccc3)Cc3ccccc3)[C@@H](CO)O2)c(=O)n1. The zero-order valence-corrected chi connectivity index (χ0v) is 28.6. The number of nitrogens with one attached hydrogen (secondary N) is 1. The Morgan fingerprint density at radius 1 is 0.923 bits per heavy atom. The van der Waals surface area contributed by atoms with Crippen LogP contribution in [0.25, 0.3) is 11.2 Å². The van der Waals surface area contributed by atoms with E-state index in [1.165, 1.54) is 27.7 Å². The predicted molar refractivity (Wildman–Crippen MR) is 186 cm³/mol. The van der Waals surface area contributed by atoms with Gasteiger partial charge in [-0.15, -0.1) is 0 Å². The molecule has 19 heteroatoms. The highest BCUT2D eigenvalue weighted by Gasteiger charge is 2.46. The third-order valence-electron chi connectivity index (χ3n) is 8.92. The van der Waals surface area contributed by atoms with Crippen LogP contribution in [0.4, 0.5) is 11.8 Å². The number of aliphatic hydroxyl groups excluding tert-OH is 2. The van der Waals surface area contributed by atoms with Crippen molar-refractivity contribution in [3.8, 4) is 0 Å². The average Bonchev–Trinajstić information content (AvgIpc) is 3.84. The van der Waals surface area contributed by atoms with Crippen molar-refractivity contribution in [2.24, 2.45) is 0 Å². The number of benzene rings is 2. The molecule has 52 heavy (non-hydrogen) atoms. The minimum absolute atomic E-state index is 0.0161. The van der Waals surface area contributed by atoms with Crippen molar-refractivity contribution in [3.05, 3.63) is 111 Å². The molecule has 7 N–H and O–H groups in total. The monoisotopic (exact) mass is 735 g/mol. The first-order valence-corrected chi connectivity index (χ1v) is 18.0. The number of aromatic nitrogens is 6. The van der Waals surface area contributed by atoms with Gasteiger partial charge >= 0.3 is 13.4 Å². The van der Waals surface area contributed by atoms with Crippen LogP contribution >= 0.6 is 7.75 Å². The Labute approximate surface area is 296 Å². The summed E-state index contributed by atoms with van der Waals surface area (Å²) in [6.45, 7) is -0.620. The van der Waals surface area contributed by atoms with Crippen LogP contribution in [-0.2, 0) is 36.2 Å². The number of imidazole rings is 1. The van der Waals surface area contributed by atoms with Crippen LogP contribution < -0.4 is 22.7 Å². The fourth-order valence-electron chi connectivity index (χ4n) is 6.32. The number of rotatable bonds is 13. The Morgan fingerprint density at radius 3 is 2.23 bits per heavy atom. The maximum atomic E-state index is 15.4. The number of hydrogen-bond donors (Lipinski definition) is 5. The van der Waals surface area contributed by atoms with Gasteiger partial charge in [-0.25, -0.2) is 14.3 Å². The van der Waals surface area contributed by atoms with Crippen LogP contribution in [0.3, 0.4) is 0 Å². The van der Waals surface area contributed by atoms with Gasteiger partial charge in [-0.3, -0.25) is 28.0 Å². The van der Waals surface area contributed by atoms with E-state index < -0.39 is 62.5 Å². The van der Waals surface area contributed by atoms with E-state index in [4.69, 9.17) is 30.0 Å². The maximum absolute atomic E-state index is 15.4. The molecule has 2 aliphatic heterocycles. The summed E-state index contributed by atoms with van der Waals surface area (Å²) in [4.78, 5) is 39.5. The van der Waals surface area contributed by atoms with Gasteiger partial charge in [0.15, 0.2) is 11.2 Å². The summed E-state index contributed by atoms with van der Waals surface area (Å²) < 4.78 is 44.4. The fourth-order valence-corrected chi connectivity index (χ4v) is 8.25. The van der Waals surface area contributed by atoms with Crippen molar-refractivity contribution in [2.75, 3.05) is 24.7 Å². The highest BCUT2D eigenvalue weighted by atomic mass is 31.2. The van der Waals surface area contributed by atoms with Gasteiger partial charge in [-0.05, 0) is 17.2 Å². The molecule has 7 rings (SSSR count). The van der Waals surface area contributed by atoms with Crippen LogP contribution in [0, 0.1) is 0 Å². The van der Waals surface area contributed by atoms with Gasteiger partial charge in [0.05, 0.1) is 25.6 Å². The minimum Gasteiger partial charge on any atom is -0.394 e. The summed E-state index contributed by atoms with van der Waals surface area (Å²) in [7, 11) is -4.37. The number of aromatic amines is 1. The number of nitrogens with zero attached hydrogens (tertiary/aromatic N) is 6. The van der Waals surface area contributed by atoms with E-state index in [-0.39, 0.29) is 55.5 Å². The van der Waals surface area contributed by atoms with E-state index >= 15 is 4.57 Å². The Hall–Kier alpha value is -4.78. The molecule has 2 aromatic carbocycles. The number of anilines is 2. The van der Waals surface area contributed by atoms with Crippen molar-refractivity contribution in [3.63, 3.8) is 0 Å². The van der Waals surface area contributed by atoms with Crippen molar-refractivity contribution < 1.29 is 33.3 Å². The topological polar surface area (TPSA) is 248 Å². The molecule has 0 spiro atoms. The molecule has 5 aromatic rings. The molecule has 2 saturated heterocycles. The molecule has 2 aliphatic rings. The van der Waals surface area contributed by atoms with E-state index in [0.717, 1.165) is 11.1 Å². The second-order valence-corrected chi connectivity index (χ2v) is 14.5. The molecular weight excluding hydrogens is 697 g/mol. The lowest BCUT2D eigenvalue weighted by Crippen LogP contribution is -2.33. The summed E-state index contributed by atoms with van der Waals surface area (Å²) in [6, 6.07) is 20.1. The molecule has 5 heterocycles. The molecule has 3 aromatic heterocycles. The standard InChI is InChI=1S/C33H38N9O9P/c34-26-11-12-41(33(46)37-26)28-14-23(24(17-43)49-28)51-52(47,40(15-20-7-3-1-4-8-20)16-21-9-5-2-6-10-21)48-18-25-22(44)13-27(50-25)42-19-36-29-30(42)38-32(35)39-31(29)45/h1-12,19,22-25,27-28,43-44H,13-18H2,(H2,34,37,46)(H3,35,38,39,45)/t22?,23?,24-,25-,27-,28-,52?/m1/s1. The number of nitrogen functional groups attached to an aromatic ring is 2.